The van der Waals surface area contributed by atoms with Crippen molar-refractivity contribution in [1.82, 2.24) is 4.98 Å². The van der Waals surface area contributed by atoms with Crippen molar-refractivity contribution in [3.63, 3.8) is 0 Å². The largest absolute Gasteiger partial charge is 0.448 e. The van der Waals surface area contributed by atoms with Crippen LogP contribution in [0, 0.1) is 10.1 Å². The second-order valence-corrected chi connectivity index (χ2v) is 5.58. The number of fused-ring (bicyclic) bond motifs is 1. The molecule has 1 unspecified atom stereocenters. The average molecular weight is 353 g/mol. The summed E-state index contributed by atoms with van der Waals surface area (Å²) in [6, 6.07) is 14.7. The summed E-state index contributed by atoms with van der Waals surface area (Å²) in [5, 5.41) is 14.2. The number of hydrogen-bond acceptors (Lipinski definition) is 5. The van der Waals surface area contributed by atoms with Crippen molar-refractivity contribution in [2.45, 2.75) is 13.0 Å². The van der Waals surface area contributed by atoms with Crippen LogP contribution in [0.1, 0.15) is 17.4 Å². The Morgan fingerprint density at radius 2 is 1.85 bits per heavy atom. The van der Waals surface area contributed by atoms with Crippen LogP contribution in [-0.2, 0) is 9.53 Å². The molecule has 3 aromatic rings. The molecule has 0 fully saturated rings. The van der Waals surface area contributed by atoms with Gasteiger partial charge in [-0.1, -0.05) is 30.3 Å². The number of carbonyl (C=O) groups is 2. The molecule has 132 valence electrons. The number of aromatic amines is 1. The number of H-pyrrole nitrogens is 1. The van der Waals surface area contributed by atoms with Crippen molar-refractivity contribution in [2.75, 3.05) is 5.32 Å². The molecular formula is C18H15N3O5. The summed E-state index contributed by atoms with van der Waals surface area (Å²) in [6.45, 7) is 1.39. The number of benzene rings is 2. The number of amides is 1. The van der Waals surface area contributed by atoms with Gasteiger partial charge in [0.2, 0.25) is 0 Å². The molecule has 0 spiro atoms. The summed E-state index contributed by atoms with van der Waals surface area (Å²) in [7, 11) is 0. The van der Waals surface area contributed by atoms with Gasteiger partial charge in [0, 0.05) is 17.0 Å². The lowest BCUT2D eigenvalue weighted by atomic mass is 10.2. The minimum atomic E-state index is -1.13. The van der Waals surface area contributed by atoms with E-state index in [4.69, 9.17) is 4.74 Å². The fourth-order valence-corrected chi connectivity index (χ4v) is 2.43. The van der Waals surface area contributed by atoms with Gasteiger partial charge in [0.05, 0.1) is 4.92 Å². The van der Waals surface area contributed by atoms with Crippen LogP contribution in [0.3, 0.4) is 0 Å². The average Bonchev–Trinajstić information content (AvgIpc) is 3.06. The molecule has 8 heteroatoms. The van der Waals surface area contributed by atoms with Crippen LogP contribution in [0.4, 0.5) is 11.4 Å². The smallest absolute Gasteiger partial charge is 0.355 e. The van der Waals surface area contributed by atoms with Gasteiger partial charge in [-0.25, -0.2) is 4.79 Å². The van der Waals surface area contributed by atoms with E-state index >= 15 is 0 Å². The van der Waals surface area contributed by atoms with Crippen LogP contribution in [0.15, 0.2) is 54.6 Å². The third-order valence-electron chi connectivity index (χ3n) is 3.76. The van der Waals surface area contributed by atoms with Crippen molar-refractivity contribution in [1.29, 1.82) is 0 Å². The maximum absolute atomic E-state index is 12.2. The first-order valence-corrected chi connectivity index (χ1v) is 7.78. The van der Waals surface area contributed by atoms with E-state index in [9.17, 15) is 19.7 Å². The molecule has 0 aliphatic carbocycles. The van der Waals surface area contributed by atoms with Crippen molar-refractivity contribution in [3.8, 4) is 0 Å². The van der Waals surface area contributed by atoms with Crippen LogP contribution >= 0.6 is 0 Å². The number of ether oxygens (including phenoxy) is 1. The lowest BCUT2D eigenvalue weighted by Gasteiger charge is -2.13. The number of nitro benzene ring substituents is 1. The Morgan fingerprint density at radius 1 is 1.15 bits per heavy atom. The Hall–Kier alpha value is -3.68. The molecule has 1 amide bonds. The van der Waals surface area contributed by atoms with E-state index in [1.165, 1.54) is 25.1 Å². The van der Waals surface area contributed by atoms with Crippen molar-refractivity contribution < 1.29 is 19.2 Å². The highest BCUT2D eigenvalue weighted by Crippen LogP contribution is 2.23. The molecular weight excluding hydrogens is 338 g/mol. The highest BCUT2D eigenvalue weighted by Gasteiger charge is 2.22. The highest BCUT2D eigenvalue weighted by molar-refractivity contribution is 5.99. The van der Waals surface area contributed by atoms with Gasteiger partial charge >= 0.3 is 5.97 Å². The standard InChI is InChI=1S/C18H15N3O5/c1-11(17(22)20-14-8-4-5-9-16(14)21(24)25)26-18(23)15-10-12-6-2-3-7-13(12)19-15/h2-11,19H,1H3,(H,20,22). The third-order valence-corrected chi connectivity index (χ3v) is 3.76. The molecule has 1 aromatic heterocycles. The summed E-state index contributed by atoms with van der Waals surface area (Å²) < 4.78 is 5.15. The number of nitrogens with zero attached hydrogens (tertiary/aromatic N) is 1. The molecule has 0 radical (unpaired) electrons. The molecule has 0 bridgehead atoms. The van der Waals surface area contributed by atoms with Gasteiger partial charge in [-0.3, -0.25) is 14.9 Å². The zero-order valence-corrected chi connectivity index (χ0v) is 13.8. The molecule has 0 saturated carbocycles. The van der Waals surface area contributed by atoms with Gasteiger partial charge in [0.25, 0.3) is 11.6 Å². The predicted octanol–water partition coefficient (Wildman–Crippen LogP) is 3.26. The summed E-state index contributed by atoms with van der Waals surface area (Å²) in [6.07, 6.45) is -1.13. The van der Waals surface area contributed by atoms with Crippen LogP contribution in [0.25, 0.3) is 10.9 Å². The normalized spacial score (nSPS) is 11.7. The number of anilines is 1. The molecule has 1 atom stereocenters. The van der Waals surface area contributed by atoms with Gasteiger partial charge in [-0.15, -0.1) is 0 Å². The van der Waals surface area contributed by atoms with Gasteiger partial charge in [0.1, 0.15) is 11.4 Å². The molecule has 8 nitrogen and oxygen atoms in total. The Kier molecular flexibility index (Phi) is 4.66. The Labute approximate surface area is 147 Å². The SMILES string of the molecule is CC(OC(=O)c1cc2ccccc2[nH]1)C(=O)Nc1ccccc1[N+](=O)[O-]. The van der Waals surface area contributed by atoms with Crippen LogP contribution < -0.4 is 5.32 Å². The number of aromatic nitrogens is 1. The Balaban J connectivity index is 1.69. The first-order chi connectivity index (χ1) is 12.5. The molecule has 0 saturated heterocycles. The molecule has 0 aliphatic heterocycles. The predicted molar refractivity (Wildman–Crippen MR) is 94.9 cm³/mol. The van der Waals surface area contributed by atoms with E-state index in [-0.39, 0.29) is 17.1 Å². The van der Waals surface area contributed by atoms with E-state index in [2.05, 4.69) is 10.3 Å². The van der Waals surface area contributed by atoms with Gasteiger partial charge in [0.15, 0.2) is 6.10 Å². The molecule has 0 aliphatic rings. The van der Waals surface area contributed by atoms with Crippen molar-refractivity contribution >= 4 is 34.2 Å². The number of nitro groups is 1. The first kappa shape index (κ1) is 17.2. The Bertz CT molecular complexity index is 962. The lowest BCUT2D eigenvalue weighted by molar-refractivity contribution is -0.383. The first-order valence-electron chi connectivity index (χ1n) is 7.78. The summed E-state index contributed by atoms with van der Waals surface area (Å²) >= 11 is 0. The molecule has 1 heterocycles. The molecule has 26 heavy (non-hydrogen) atoms. The monoisotopic (exact) mass is 353 g/mol. The molecule has 3 rings (SSSR count). The number of nitrogens with one attached hydrogen (secondary N) is 2. The zero-order chi connectivity index (χ0) is 18.7. The topological polar surface area (TPSA) is 114 Å². The van der Waals surface area contributed by atoms with E-state index in [0.717, 1.165) is 10.9 Å². The number of esters is 1. The number of rotatable bonds is 5. The maximum Gasteiger partial charge on any atom is 0.355 e. The minimum absolute atomic E-state index is 0.0380. The minimum Gasteiger partial charge on any atom is -0.448 e. The summed E-state index contributed by atoms with van der Waals surface area (Å²) in [5.41, 5.74) is 0.791. The maximum atomic E-state index is 12.2. The number of para-hydroxylation sites is 3. The second-order valence-electron chi connectivity index (χ2n) is 5.58. The van der Waals surface area contributed by atoms with Gasteiger partial charge < -0.3 is 15.0 Å². The van der Waals surface area contributed by atoms with Crippen LogP contribution in [0.2, 0.25) is 0 Å². The molecule has 2 N–H and O–H groups in total. The molecule has 2 aromatic carbocycles. The van der Waals surface area contributed by atoms with E-state index < -0.39 is 22.9 Å². The quantitative estimate of drug-likeness (QED) is 0.415. The van der Waals surface area contributed by atoms with E-state index in [1.54, 1.807) is 12.1 Å². The van der Waals surface area contributed by atoms with E-state index in [0.29, 0.717) is 0 Å². The summed E-state index contributed by atoms with van der Waals surface area (Å²) in [4.78, 5) is 37.7. The van der Waals surface area contributed by atoms with Crippen molar-refractivity contribution in [3.05, 3.63) is 70.4 Å². The van der Waals surface area contributed by atoms with Crippen LogP contribution in [-0.4, -0.2) is 27.9 Å². The summed E-state index contributed by atoms with van der Waals surface area (Å²) in [5.74, 6) is -1.35. The third kappa shape index (κ3) is 3.54. The van der Waals surface area contributed by atoms with Crippen LogP contribution in [0.5, 0.6) is 0 Å². The Morgan fingerprint density at radius 3 is 2.58 bits per heavy atom. The fraction of sp³-hybridized carbons (Fsp3) is 0.111. The fourth-order valence-electron chi connectivity index (χ4n) is 2.43. The number of carbonyl (C=O) groups excluding carboxylic acids is 2. The number of hydrogen-bond donors (Lipinski definition) is 2. The van der Waals surface area contributed by atoms with Gasteiger partial charge in [-0.2, -0.15) is 0 Å². The lowest BCUT2D eigenvalue weighted by Crippen LogP contribution is -2.30. The van der Waals surface area contributed by atoms with Crippen molar-refractivity contribution in [2.24, 2.45) is 0 Å². The second kappa shape index (κ2) is 7.06. The van der Waals surface area contributed by atoms with Gasteiger partial charge in [-0.05, 0) is 25.1 Å². The highest BCUT2D eigenvalue weighted by atomic mass is 16.6. The zero-order valence-electron chi connectivity index (χ0n) is 13.8. The van der Waals surface area contributed by atoms with E-state index in [1.807, 2.05) is 24.3 Å².